The van der Waals surface area contributed by atoms with Crippen LogP contribution in [0.3, 0.4) is 0 Å². The Morgan fingerprint density at radius 2 is 1.44 bits per heavy atom. The molecule has 0 radical (unpaired) electrons. The average molecular weight is 493 g/mol. The normalized spacial score (nSPS) is 11.7. The van der Waals surface area contributed by atoms with E-state index in [0.29, 0.717) is 5.56 Å². The Hall–Kier alpha value is -2.90. The summed E-state index contributed by atoms with van der Waals surface area (Å²) in [4.78, 5) is -0.153. The van der Waals surface area contributed by atoms with Gasteiger partial charge in [0, 0.05) is 24.7 Å². The van der Waals surface area contributed by atoms with Gasteiger partial charge in [0.1, 0.15) is 5.82 Å². The molecule has 0 aliphatic carbocycles. The molecular formula is C22H18ClFN2O4S2. The fourth-order valence-electron chi connectivity index (χ4n) is 2.61. The van der Waals surface area contributed by atoms with E-state index < -0.39 is 25.9 Å². The molecule has 3 aromatic rings. The van der Waals surface area contributed by atoms with Crippen LogP contribution in [-0.2, 0) is 20.0 Å². The summed E-state index contributed by atoms with van der Waals surface area (Å²) in [5, 5.41) is 0.241. The zero-order valence-corrected chi connectivity index (χ0v) is 19.4. The van der Waals surface area contributed by atoms with Crippen molar-refractivity contribution in [2.45, 2.75) is 9.79 Å². The third kappa shape index (κ3) is 5.29. The first-order valence-electron chi connectivity index (χ1n) is 9.12. The van der Waals surface area contributed by atoms with Crippen molar-refractivity contribution in [3.63, 3.8) is 0 Å². The molecule has 0 saturated heterocycles. The topological polar surface area (TPSA) is 83.6 Å². The fourth-order valence-corrected chi connectivity index (χ4v) is 4.75. The van der Waals surface area contributed by atoms with E-state index in [4.69, 9.17) is 11.6 Å². The second-order valence-corrected chi connectivity index (χ2v) is 11.1. The van der Waals surface area contributed by atoms with Gasteiger partial charge in [-0.1, -0.05) is 35.6 Å². The highest BCUT2D eigenvalue weighted by Gasteiger charge is 2.20. The molecule has 6 nitrogen and oxygen atoms in total. The first-order valence-corrected chi connectivity index (χ1v) is 12.4. The van der Waals surface area contributed by atoms with Crippen molar-refractivity contribution in [2.24, 2.45) is 0 Å². The lowest BCUT2D eigenvalue weighted by Crippen LogP contribution is -2.22. The Morgan fingerprint density at radius 1 is 0.844 bits per heavy atom. The monoisotopic (exact) mass is 492 g/mol. The zero-order chi connectivity index (χ0) is 23.5. The van der Waals surface area contributed by atoms with Crippen LogP contribution in [-0.4, -0.2) is 35.2 Å². The molecule has 3 aromatic carbocycles. The van der Waals surface area contributed by atoms with Crippen molar-refractivity contribution >= 4 is 37.3 Å². The van der Waals surface area contributed by atoms with Gasteiger partial charge in [0.2, 0.25) is 10.0 Å². The molecule has 0 atom stereocenters. The van der Waals surface area contributed by atoms with Crippen molar-refractivity contribution in [1.82, 2.24) is 4.31 Å². The summed E-state index contributed by atoms with van der Waals surface area (Å²) >= 11 is 5.74. The van der Waals surface area contributed by atoms with Crippen LogP contribution >= 0.6 is 11.6 Å². The molecule has 0 spiro atoms. The van der Waals surface area contributed by atoms with Crippen LogP contribution in [0.5, 0.6) is 0 Å². The second-order valence-electron chi connectivity index (χ2n) is 6.78. The van der Waals surface area contributed by atoms with Crippen LogP contribution in [0.2, 0.25) is 5.02 Å². The maximum absolute atomic E-state index is 14.0. The van der Waals surface area contributed by atoms with Crippen LogP contribution in [0.1, 0.15) is 11.1 Å². The number of hydrogen-bond acceptors (Lipinski definition) is 4. The maximum atomic E-state index is 14.0. The largest absolute Gasteiger partial charge is 0.278 e. The van der Waals surface area contributed by atoms with Crippen molar-refractivity contribution in [1.29, 1.82) is 0 Å². The minimum absolute atomic E-state index is 0.0299. The number of rotatable bonds is 5. The SMILES string of the molecule is CN(C)S(=O)(=O)c1ccc(S(=O)(=O)Nc2ccccc2C#Cc2ccc(Cl)cc2F)cc1. The number of halogens is 2. The van der Waals surface area contributed by atoms with Crippen LogP contribution in [0, 0.1) is 17.7 Å². The molecule has 3 rings (SSSR count). The minimum atomic E-state index is -4.03. The van der Waals surface area contributed by atoms with E-state index in [9.17, 15) is 21.2 Å². The van der Waals surface area contributed by atoms with Gasteiger partial charge >= 0.3 is 0 Å². The van der Waals surface area contributed by atoms with E-state index in [1.54, 1.807) is 18.2 Å². The summed E-state index contributed by atoms with van der Waals surface area (Å²) in [7, 11) is -4.95. The molecule has 166 valence electrons. The summed E-state index contributed by atoms with van der Waals surface area (Å²) in [5.41, 5.74) is 0.640. The number of sulfonamides is 2. The third-order valence-corrected chi connectivity index (χ3v) is 7.79. The molecule has 32 heavy (non-hydrogen) atoms. The van der Waals surface area contributed by atoms with Crippen LogP contribution in [0.25, 0.3) is 0 Å². The fraction of sp³-hybridized carbons (Fsp3) is 0.0909. The summed E-state index contributed by atoms with van der Waals surface area (Å²) in [6, 6.07) is 15.3. The van der Waals surface area contributed by atoms with Crippen LogP contribution < -0.4 is 4.72 Å². The second kappa shape index (κ2) is 9.30. The Kier molecular flexibility index (Phi) is 6.91. The summed E-state index contributed by atoms with van der Waals surface area (Å²) in [5.74, 6) is 4.84. The van der Waals surface area contributed by atoms with Gasteiger partial charge in [-0.3, -0.25) is 4.72 Å². The van der Waals surface area contributed by atoms with Gasteiger partial charge < -0.3 is 0 Å². The van der Waals surface area contributed by atoms with E-state index in [1.807, 2.05) is 0 Å². The summed E-state index contributed by atoms with van der Waals surface area (Å²) in [6.45, 7) is 0. The number of hydrogen-bond donors (Lipinski definition) is 1. The minimum Gasteiger partial charge on any atom is -0.278 e. The van der Waals surface area contributed by atoms with Gasteiger partial charge in [0.25, 0.3) is 10.0 Å². The molecule has 0 unspecified atom stereocenters. The van der Waals surface area contributed by atoms with E-state index in [2.05, 4.69) is 16.6 Å². The molecule has 1 N–H and O–H groups in total. The number of nitrogens with zero attached hydrogens (tertiary/aromatic N) is 1. The maximum Gasteiger partial charge on any atom is 0.261 e. The predicted octanol–water partition coefficient (Wildman–Crippen LogP) is 3.93. The summed E-state index contributed by atoms with van der Waals surface area (Å²) in [6.07, 6.45) is 0. The van der Waals surface area contributed by atoms with Crippen molar-refractivity contribution < 1.29 is 21.2 Å². The predicted molar refractivity (Wildman–Crippen MR) is 122 cm³/mol. The van der Waals surface area contributed by atoms with Crippen molar-refractivity contribution in [2.75, 3.05) is 18.8 Å². The summed E-state index contributed by atoms with van der Waals surface area (Å²) < 4.78 is 67.4. The highest BCUT2D eigenvalue weighted by molar-refractivity contribution is 7.92. The molecule has 0 aromatic heterocycles. The molecule has 0 aliphatic heterocycles. The highest BCUT2D eigenvalue weighted by atomic mass is 35.5. The van der Waals surface area contributed by atoms with E-state index >= 15 is 0 Å². The van der Waals surface area contributed by atoms with Crippen LogP contribution in [0.4, 0.5) is 10.1 Å². The van der Waals surface area contributed by atoms with E-state index in [1.165, 1.54) is 56.6 Å². The lowest BCUT2D eigenvalue weighted by molar-refractivity contribution is 0.520. The average Bonchev–Trinajstić information content (AvgIpc) is 2.74. The first kappa shape index (κ1) is 23.8. The quantitative estimate of drug-likeness (QED) is 0.547. The van der Waals surface area contributed by atoms with Gasteiger partial charge in [0.15, 0.2) is 0 Å². The Balaban J connectivity index is 1.91. The first-order chi connectivity index (χ1) is 15.0. The van der Waals surface area contributed by atoms with Gasteiger partial charge in [-0.25, -0.2) is 25.5 Å². The number of para-hydroxylation sites is 1. The number of benzene rings is 3. The molecule has 0 fully saturated rings. The Bertz CT molecular complexity index is 1430. The lowest BCUT2D eigenvalue weighted by atomic mass is 10.1. The van der Waals surface area contributed by atoms with Gasteiger partial charge in [-0.2, -0.15) is 0 Å². The highest BCUT2D eigenvalue weighted by Crippen LogP contribution is 2.22. The molecule has 0 saturated carbocycles. The van der Waals surface area contributed by atoms with E-state index in [0.717, 1.165) is 10.4 Å². The molecule has 0 aliphatic rings. The lowest BCUT2D eigenvalue weighted by Gasteiger charge is -2.13. The standard InChI is InChI=1S/C22H18ClFN2O4S2/c1-26(2)32(29,30)20-13-11-19(12-14-20)31(27,28)25-22-6-4-3-5-17(22)8-7-16-9-10-18(23)15-21(16)24/h3-6,9-15,25H,1-2H3. The molecule has 0 amide bonds. The molecule has 10 heteroatoms. The molecular weight excluding hydrogens is 475 g/mol. The van der Waals surface area contributed by atoms with Gasteiger partial charge in [0.05, 0.1) is 21.0 Å². The van der Waals surface area contributed by atoms with Crippen molar-refractivity contribution in [3.8, 4) is 11.8 Å². The third-order valence-electron chi connectivity index (χ3n) is 4.35. The molecule has 0 heterocycles. The van der Waals surface area contributed by atoms with Gasteiger partial charge in [-0.15, -0.1) is 0 Å². The van der Waals surface area contributed by atoms with Crippen molar-refractivity contribution in [3.05, 3.63) is 88.7 Å². The van der Waals surface area contributed by atoms with E-state index in [-0.39, 0.29) is 26.1 Å². The Labute approximate surface area is 191 Å². The number of nitrogens with one attached hydrogen (secondary N) is 1. The van der Waals surface area contributed by atoms with Gasteiger partial charge in [-0.05, 0) is 54.6 Å². The Morgan fingerprint density at radius 3 is 2.06 bits per heavy atom. The molecule has 0 bridgehead atoms. The number of anilines is 1. The van der Waals surface area contributed by atoms with Crippen LogP contribution in [0.15, 0.2) is 76.5 Å². The smallest absolute Gasteiger partial charge is 0.261 e. The zero-order valence-electron chi connectivity index (χ0n) is 17.0.